The fourth-order valence-corrected chi connectivity index (χ4v) is 4.28. The molecule has 0 spiro atoms. The number of rotatable bonds is 4. The highest BCUT2D eigenvalue weighted by molar-refractivity contribution is 7.78. The van der Waals surface area contributed by atoms with Crippen molar-refractivity contribution in [3.8, 4) is 0 Å². The molecule has 2 aliphatic carbocycles. The average Bonchev–Trinajstić information content (AvgIpc) is 2.41. The number of isothiocyanates is 1. The Morgan fingerprint density at radius 3 is 2.00 bits per heavy atom. The Morgan fingerprint density at radius 2 is 1.50 bits per heavy atom. The molecule has 0 aromatic heterocycles. The van der Waals surface area contributed by atoms with Crippen LogP contribution < -0.4 is 0 Å². The Hall–Kier alpha value is -0.200. The summed E-state index contributed by atoms with van der Waals surface area (Å²) in [5, 5.41) is 2.56. The van der Waals surface area contributed by atoms with Crippen LogP contribution >= 0.6 is 12.2 Å². The second-order valence-electron chi connectivity index (χ2n) is 6.36. The molecule has 0 amide bonds. The molecule has 0 N–H and O–H groups in total. The monoisotopic (exact) mass is 265 g/mol. The Balaban J connectivity index is 1.73. The third-order valence-corrected chi connectivity index (χ3v) is 5.34. The molecule has 18 heavy (non-hydrogen) atoms. The molecule has 0 aromatic carbocycles. The van der Waals surface area contributed by atoms with Gasteiger partial charge in [-0.05, 0) is 68.5 Å². The standard InChI is InChI=1S/C16H27NS/c1-2-3-13-4-6-14(7-5-13)15-8-10-16(11-9-15)17-12-18/h13-16H,2-11H2,1H3. The van der Waals surface area contributed by atoms with Crippen LogP contribution in [0.2, 0.25) is 0 Å². The van der Waals surface area contributed by atoms with Gasteiger partial charge in [0.05, 0.1) is 11.2 Å². The SMILES string of the molecule is CCCC1CCC(C2CCC(N=C=S)CC2)CC1. The lowest BCUT2D eigenvalue weighted by atomic mass is 9.70. The van der Waals surface area contributed by atoms with Crippen LogP contribution in [0.4, 0.5) is 0 Å². The maximum Gasteiger partial charge on any atom is 0.0603 e. The van der Waals surface area contributed by atoms with Gasteiger partial charge in [0, 0.05) is 0 Å². The molecule has 2 fully saturated rings. The highest BCUT2D eigenvalue weighted by atomic mass is 32.1. The highest BCUT2D eigenvalue weighted by Gasteiger charge is 2.30. The van der Waals surface area contributed by atoms with Crippen LogP contribution in [0.1, 0.15) is 71.1 Å². The van der Waals surface area contributed by atoms with Crippen molar-refractivity contribution in [2.24, 2.45) is 22.7 Å². The van der Waals surface area contributed by atoms with Crippen LogP contribution in [0.3, 0.4) is 0 Å². The van der Waals surface area contributed by atoms with Crippen molar-refractivity contribution in [2.75, 3.05) is 0 Å². The lowest BCUT2D eigenvalue weighted by Crippen LogP contribution is -2.26. The third-order valence-electron chi connectivity index (χ3n) is 5.23. The topological polar surface area (TPSA) is 12.4 Å². The van der Waals surface area contributed by atoms with E-state index in [0.29, 0.717) is 6.04 Å². The maximum atomic E-state index is 4.71. The van der Waals surface area contributed by atoms with Crippen LogP contribution in [0.5, 0.6) is 0 Å². The lowest BCUT2D eigenvalue weighted by Gasteiger charge is -2.37. The molecule has 0 heterocycles. The summed E-state index contributed by atoms with van der Waals surface area (Å²) in [6.45, 7) is 2.32. The molecule has 0 aromatic rings. The number of thiocarbonyl (C=S) groups is 1. The van der Waals surface area contributed by atoms with E-state index >= 15 is 0 Å². The van der Waals surface area contributed by atoms with Crippen molar-refractivity contribution in [3.05, 3.63) is 0 Å². The van der Waals surface area contributed by atoms with Crippen LogP contribution in [0.15, 0.2) is 4.99 Å². The van der Waals surface area contributed by atoms with E-state index < -0.39 is 0 Å². The lowest BCUT2D eigenvalue weighted by molar-refractivity contribution is 0.157. The van der Waals surface area contributed by atoms with Gasteiger partial charge in [-0.15, -0.1) is 0 Å². The zero-order valence-electron chi connectivity index (χ0n) is 11.7. The predicted molar refractivity (Wildman–Crippen MR) is 81.1 cm³/mol. The van der Waals surface area contributed by atoms with Crippen LogP contribution in [0, 0.1) is 17.8 Å². The Bertz CT molecular complexity index is 279. The fraction of sp³-hybridized carbons (Fsp3) is 0.938. The first-order valence-corrected chi connectivity index (χ1v) is 8.31. The van der Waals surface area contributed by atoms with E-state index in [-0.39, 0.29) is 0 Å². The van der Waals surface area contributed by atoms with Gasteiger partial charge in [0.1, 0.15) is 0 Å². The quantitative estimate of drug-likeness (QED) is 0.499. The van der Waals surface area contributed by atoms with Crippen molar-refractivity contribution in [2.45, 2.75) is 77.2 Å². The first-order valence-electron chi connectivity index (χ1n) is 7.90. The van der Waals surface area contributed by atoms with Gasteiger partial charge in [-0.25, -0.2) is 4.99 Å². The smallest absolute Gasteiger partial charge is 0.0603 e. The van der Waals surface area contributed by atoms with Crippen molar-refractivity contribution < 1.29 is 0 Å². The Labute approximate surface area is 117 Å². The zero-order valence-corrected chi connectivity index (χ0v) is 12.6. The molecular formula is C16H27NS. The van der Waals surface area contributed by atoms with Gasteiger partial charge in [-0.3, -0.25) is 0 Å². The molecule has 2 aliphatic rings. The van der Waals surface area contributed by atoms with E-state index in [1.54, 1.807) is 0 Å². The predicted octanol–water partition coefficient (Wildman–Crippen LogP) is 5.25. The van der Waals surface area contributed by atoms with E-state index in [0.717, 1.165) is 17.8 Å². The van der Waals surface area contributed by atoms with Gasteiger partial charge < -0.3 is 0 Å². The second kappa shape index (κ2) is 7.40. The first-order chi connectivity index (χ1) is 8.83. The van der Waals surface area contributed by atoms with E-state index in [1.165, 1.54) is 64.2 Å². The summed E-state index contributed by atoms with van der Waals surface area (Å²) >= 11 is 4.71. The van der Waals surface area contributed by atoms with Crippen molar-refractivity contribution in [1.82, 2.24) is 0 Å². The van der Waals surface area contributed by atoms with Gasteiger partial charge in [-0.2, -0.15) is 0 Å². The largest absolute Gasteiger partial charge is 0.229 e. The maximum absolute atomic E-state index is 4.71. The van der Waals surface area contributed by atoms with Gasteiger partial charge in [0.2, 0.25) is 0 Å². The molecule has 0 bridgehead atoms. The second-order valence-corrected chi connectivity index (χ2v) is 6.54. The number of hydrogen-bond donors (Lipinski definition) is 0. The minimum Gasteiger partial charge on any atom is -0.229 e. The Kier molecular flexibility index (Phi) is 5.85. The van der Waals surface area contributed by atoms with Crippen molar-refractivity contribution in [1.29, 1.82) is 0 Å². The highest BCUT2D eigenvalue weighted by Crippen LogP contribution is 2.41. The molecule has 1 nitrogen and oxygen atoms in total. The zero-order chi connectivity index (χ0) is 12.8. The van der Waals surface area contributed by atoms with Crippen LogP contribution in [-0.4, -0.2) is 11.2 Å². The van der Waals surface area contributed by atoms with Crippen molar-refractivity contribution in [3.63, 3.8) is 0 Å². The average molecular weight is 265 g/mol. The third kappa shape index (κ3) is 3.90. The fourth-order valence-electron chi connectivity index (χ4n) is 4.13. The molecule has 2 saturated carbocycles. The molecule has 2 rings (SSSR count). The van der Waals surface area contributed by atoms with Gasteiger partial charge in [-0.1, -0.05) is 32.6 Å². The molecule has 0 atom stereocenters. The summed E-state index contributed by atoms with van der Waals surface area (Å²) in [5.74, 6) is 3.06. The van der Waals surface area contributed by atoms with Gasteiger partial charge in [0.15, 0.2) is 0 Å². The summed E-state index contributed by atoms with van der Waals surface area (Å²) in [7, 11) is 0. The van der Waals surface area contributed by atoms with Gasteiger partial charge >= 0.3 is 0 Å². The van der Waals surface area contributed by atoms with E-state index in [9.17, 15) is 0 Å². The number of hydrogen-bond acceptors (Lipinski definition) is 2. The molecule has 102 valence electrons. The number of nitrogens with zero attached hydrogens (tertiary/aromatic N) is 1. The molecule has 0 aliphatic heterocycles. The Morgan fingerprint density at radius 1 is 0.944 bits per heavy atom. The van der Waals surface area contributed by atoms with Crippen LogP contribution in [-0.2, 0) is 0 Å². The molecular weight excluding hydrogens is 238 g/mol. The molecule has 2 heteroatoms. The minimum absolute atomic E-state index is 0.496. The normalized spacial score (nSPS) is 36.9. The van der Waals surface area contributed by atoms with E-state index in [1.807, 2.05) is 0 Å². The first kappa shape index (κ1) is 14.2. The van der Waals surface area contributed by atoms with Gasteiger partial charge in [0.25, 0.3) is 0 Å². The summed E-state index contributed by atoms with van der Waals surface area (Å²) in [5.41, 5.74) is 0. The molecule has 0 unspecified atom stereocenters. The number of aliphatic imine (C=N–C) groups is 1. The van der Waals surface area contributed by atoms with Crippen LogP contribution in [0.25, 0.3) is 0 Å². The van der Waals surface area contributed by atoms with Crippen molar-refractivity contribution >= 4 is 17.4 Å². The molecule has 0 saturated heterocycles. The summed E-state index contributed by atoms with van der Waals surface area (Å²) in [4.78, 5) is 4.26. The van der Waals surface area contributed by atoms with E-state index in [2.05, 4.69) is 17.1 Å². The summed E-state index contributed by atoms with van der Waals surface area (Å²) < 4.78 is 0. The summed E-state index contributed by atoms with van der Waals surface area (Å²) in [6.07, 6.45) is 14.1. The molecule has 0 radical (unpaired) electrons. The minimum atomic E-state index is 0.496. The van der Waals surface area contributed by atoms with E-state index in [4.69, 9.17) is 12.2 Å². The summed E-state index contributed by atoms with van der Waals surface area (Å²) in [6, 6.07) is 0.496.